The second kappa shape index (κ2) is 6.75. The van der Waals surface area contributed by atoms with Gasteiger partial charge in [-0.25, -0.2) is 0 Å². The van der Waals surface area contributed by atoms with Crippen LogP contribution in [0.15, 0.2) is 0 Å². The van der Waals surface area contributed by atoms with Gasteiger partial charge in [-0.3, -0.25) is 0 Å². The van der Waals surface area contributed by atoms with Crippen molar-refractivity contribution in [3.63, 3.8) is 0 Å². The van der Waals surface area contributed by atoms with E-state index in [1.165, 1.54) is 51.4 Å². The topological polar surface area (TPSA) is 21.3 Å². The smallest absolute Gasteiger partial charge is 0.0576 e. The Morgan fingerprint density at radius 1 is 1.24 bits per heavy atom. The molecule has 1 aliphatic heterocycles. The van der Waals surface area contributed by atoms with Gasteiger partial charge in [0.2, 0.25) is 0 Å². The van der Waals surface area contributed by atoms with Crippen LogP contribution in [0.4, 0.5) is 0 Å². The fourth-order valence-electron chi connectivity index (χ4n) is 3.78. The Hall–Kier alpha value is -0.0800. The van der Waals surface area contributed by atoms with Gasteiger partial charge in [0.15, 0.2) is 0 Å². The van der Waals surface area contributed by atoms with Crippen LogP contribution in [0.5, 0.6) is 0 Å². The molecule has 0 radical (unpaired) electrons. The van der Waals surface area contributed by atoms with Gasteiger partial charge in [-0.1, -0.05) is 19.8 Å². The van der Waals surface area contributed by atoms with Crippen LogP contribution in [0.1, 0.15) is 58.3 Å². The quantitative estimate of drug-likeness (QED) is 0.767. The van der Waals surface area contributed by atoms with Crippen LogP contribution in [-0.4, -0.2) is 25.8 Å². The Balaban J connectivity index is 1.67. The van der Waals surface area contributed by atoms with Crippen molar-refractivity contribution in [2.24, 2.45) is 11.8 Å². The molecule has 2 nitrogen and oxygen atoms in total. The van der Waals surface area contributed by atoms with Crippen molar-refractivity contribution in [3.8, 4) is 0 Å². The molecular formula is C15H29NO. The van der Waals surface area contributed by atoms with Gasteiger partial charge in [0, 0.05) is 12.6 Å². The second-order valence-electron chi connectivity index (χ2n) is 6.03. The largest absolute Gasteiger partial charge is 0.378 e. The molecule has 1 saturated heterocycles. The van der Waals surface area contributed by atoms with Crippen molar-refractivity contribution in [2.45, 2.75) is 70.4 Å². The minimum atomic E-state index is 0.577. The van der Waals surface area contributed by atoms with Crippen molar-refractivity contribution in [1.82, 2.24) is 5.32 Å². The summed E-state index contributed by atoms with van der Waals surface area (Å²) in [7, 11) is 2.14. The number of nitrogens with one attached hydrogen (secondary N) is 1. The average molecular weight is 239 g/mol. The van der Waals surface area contributed by atoms with Crippen molar-refractivity contribution in [1.29, 1.82) is 0 Å². The number of rotatable bonds is 6. The Labute approximate surface area is 107 Å². The van der Waals surface area contributed by atoms with Crippen molar-refractivity contribution < 1.29 is 4.74 Å². The normalized spacial score (nSPS) is 35.3. The van der Waals surface area contributed by atoms with Gasteiger partial charge in [0.25, 0.3) is 0 Å². The van der Waals surface area contributed by atoms with E-state index >= 15 is 0 Å². The lowest BCUT2D eigenvalue weighted by molar-refractivity contribution is 0.100. The lowest BCUT2D eigenvalue weighted by atomic mass is 9.87. The van der Waals surface area contributed by atoms with Crippen molar-refractivity contribution >= 4 is 0 Å². The first-order valence-corrected chi connectivity index (χ1v) is 7.60. The monoisotopic (exact) mass is 239 g/mol. The van der Waals surface area contributed by atoms with Gasteiger partial charge in [-0.2, -0.15) is 0 Å². The molecule has 2 aliphatic rings. The molecule has 0 aromatic heterocycles. The average Bonchev–Trinajstić information content (AvgIpc) is 2.96. The van der Waals surface area contributed by atoms with Crippen LogP contribution < -0.4 is 5.32 Å². The zero-order valence-corrected chi connectivity index (χ0v) is 11.6. The summed E-state index contributed by atoms with van der Waals surface area (Å²) in [6.45, 7) is 3.43. The molecule has 0 aromatic rings. The maximum Gasteiger partial charge on any atom is 0.0576 e. The summed E-state index contributed by atoms with van der Waals surface area (Å²) in [5.74, 6) is 1.85. The third-order valence-electron chi connectivity index (χ3n) is 4.88. The lowest BCUT2D eigenvalue weighted by Gasteiger charge is -2.27. The maximum atomic E-state index is 5.69. The summed E-state index contributed by atoms with van der Waals surface area (Å²) in [5, 5.41) is 3.56. The first-order valence-electron chi connectivity index (χ1n) is 7.60. The highest BCUT2D eigenvalue weighted by atomic mass is 16.5. The van der Waals surface area contributed by atoms with E-state index in [-0.39, 0.29) is 0 Å². The molecule has 0 aromatic carbocycles. The van der Waals surface area contributed by atoms with Gasteiger partial charge in [0.1, 0.15) is 0 Å². The molecule has 0 amide bonds. The zero-order chi connectivity index (χ0) is 12.1. The molecule has 1 heterocycles. The Bertz CT molecular complexity index is 213. The Kier molecular flexibility index (Phi) is 5.30. The molecule has 2 rings (SSSR count). The predicted molar refractivity (Wildman–Crippen MR) is 72.2 cm³/mol. The zero-order valence-electron chi connectivity index (χ0n) is 11.6. The van der Waals surface area contributed by atoms with Crippen LogP contribution in [0, 0.1) is 11.8 Å². The van der Waals surface area contributed by atoms with Gasteiger partial charge in [-0.15, -0.1) is 0 Å². The molecule has 1 aliphatic carbocycles. The Morgan fingerprint density at radius 3 is 2.71 bits per heavy atom. The van der Waals surface area contributed by atoms with Crippen molar-refractivity contribution in [2.75, 3.05) is 13.7 Å². The van der Waals surface area contributed by atoms with E-state index in [1.807, 2.05) is 0 Å². The standard InChI is InChI=1S/C15H29NO/c1-12-6-3-9-14(12)15(16-2)10-4-7-13-8-5-11-17-13/h12-16H,3-11H2,1-2H3. The van der Waals surface area contributed by atoms with E-state index in [1.54, 1.807) is 0 Å². The number of hydrogen-bond acceptors (Lipinski definition) is 2. The first-order chi connectivity index (χ1) is 8.31. The summed E-state index contributed by atoms with van der Waals surface area (Å²) in [6, 6.07) is 0.744. The summed E-state index contributed by atoms with van der Waals surface area (Å²) in [5.41, 5.74) is 0. The molecule has 2 fully saturated rings. The first kappa shape index (κ1) is 13.4. The molecule has 0 bridgehead atoms. The molecule has 2 heteroatoms. The predicted octanol–water partition coefficient (Wildman–Crippen LogP) is 3.36. The summed E-state index contributed by atoms with van der Waals surface area (Å²) < 4.78 is 5.69. The van der Waals surface area contributed by atoms with E-state index in [0.717, 1.165) is 24.5 Å². The van der Waals surface area contributed by atoms with Crippen LogP contribution in [0.25, 0.3) is 0 Å². The highest BCUT2D eigenvalue weighted by Gasteiger charge is 2.29. The van der Waals surface area contributed by atoms with Crippen LogP contribution in [-0.2, 0) is 4.74 Å². The molecule has 4 atom stereocenters. The van der Waals surface area contributed by atoms with Crippen LogP contribution >= 0.6 is 0 Å². The highest BCUT2D eigenvalue weighted by molar-refractivity contribution is 4.84. The lowest BCUT2D eigenvalue weighted by Crippen LogP contribution is -2.35. The van der Waals surface area contributed by atoms with E-state index in [9.17, 15) is 0 Å². The minimum Gasteiger partial charge on any atom is -0.378 e. The van der Waals surface area contributed by atoms with Gasteiger partial charge in [0.05, 0.1) is 6.10 Å². The van der Waals surface area contributed by atoms with Gasteiger partial charge < -0.3 is 10.1 Å². The Morgan fingerprint density at radius 2 is 2.12 bits per heavy atom. The van der Waals surface area contributed by atoms with Gasteiger partial charge >= 0.3 is 0 Å². The molecule has 17 heavy (non-hydrogen) atoms. The fourth-order valence-corrected chi connectivity index (χ4v) is 3.78. The SMILES string of the molecule is CNC(CCCC1CCCO1)C1CCCC1C. The third kappa shape index (κ3) is 3.69. The van der Waals surface area contributed by atoms with E-state index in [4.69, 9.17) is 4.74 Å². The molecule has 0 spiro atoms. The van der Waals surface area contributed by atoms with Gasteiger partial charge in [-0.05, 0) is 57.4 Å². The number of hydrogen-bond donors (Lipinski definition) is 1. The molecule has 100 valence electrons. The summed E-state index contributed by atoms with van der Waals surface area (Å²) in [4.78, 5) is 0. The fraction of sp³-hybridized carbons (Fsp3) is 1.00. The molecule has 1 saturated carbocycles. The third-order valence-corrected chi connectivity index (χ3v) is 4.88. The van der Waals surface area contributed by atoms with E-state index < -0.39 is 0 Å². The summed E-state index contributed by atoms with van der Waals surface area (Å²) >= 11 is 0. The van der Waals surface area contributed by atoms with E-state index in [2.05, 4.69) is 19.3 Å². The minimum absolute atomic E-state index is 0.577. The molecule has 1 N–H and O–H groups in total. The molecular weight excluding hydrogens is 210 g/mol. The van der Waals surface area contributed by atoms with Crippen molar-refractivity contribution in [3.05, 3.63) is 0 Å². The molecule has 4 unspecified atom stereocenters. The maximum absolute atomic E-state index is 5.69. The van der Waals surface area contributed by atoms with E-state index in [0.29, 0.717) is 6.10 Å². The van der Waals surface area contributed by atoms with Crippen LogP contribution in [0.3, 0.4) is 0 Å². The van der Waals surface area contributed by atoms with Crippen LogP contribution in [0.2, 0.25) is 0 Å². The second-order valence-corrected chi connectivity index (χ2v) is 6.03. The summed E-state index contributed by atoms with van der Waals surface area (Å²) in [6.07, 6.45) is 11.4. The number of ether oxygens (including phenoxy) is 1. The highest BCUT2D eigenvalue weighted by Crippen LogP contribution is 2.35.